The van der Waals surface area contributed by atoms with Crippen molar-refractivity contribution in [1.82, 2.24) is 10.6 Å². The Morgan fingerprint density at radius 2 is 1.13 bits per heavy atom. The molecule has 0 aliphatic carbocycles. The van der Waals surface area contributed by atoms with E-state index in [0.29, 0.717) is 6.42 Å². The quantitative estimate of drug-likeness (QED) is 0.739. The molecule has 2 N–H and O–H groups in total. The van der Waals surface area contributed by atoms with E-state index in [-0.39, 0.29) is 22.9 Å². The van der Waals surface area contributed by atoms with Crippen molar-refractivity contribution in [1.29, 1.82) is 0 Å². The van der Waals surface area contributed by atoms with E-state index < -0.39 is 0 Å². The van der Waals surface area contributed by atoms with Gasteiger partial charge in [0.1, 0.15) is 0 Å². The molecule has 0 aromatic rings. The highest BCUT2D eigenvalue weighted by molar-refractivity contribution is 5.74. The molecule has 4 heteroatoms. The summed E-state index contributed by atoms with van der Waals surface area (Å²) in [5.74, 6) is -0.114. The maximum Gasteiger partial charge on any atom is 0.217 e. The zero-order chi connectivity index (χ0) is 12.3. The topological polar surface area (TPSA) is 58.2 Å². The summed E-state index contributed by atoms with van der Waals surface area (Å²) in [7, 11) is 0. The molecule has 0 bridgehead atoms. The number of carbonyl (C=O) groups is 2. The van der Waals surface area contributed by atoms with Crippen molar-refractivity contribution in [2.45, 2.75) is 59.0 Å². The van der Waals surface area contributed by atoms with Crippen LogP contribution in [0.2, 0.25) is 0 Å². The third-order valence-corrected chi connectivity index (χ3v) is 1.91. The van der Waals surface area contributed by atoms with Gasteiger partial charge in [0.05, 0.1) is 0 Å². The fraction of sp³-hybridized carbons (Fsp3) is 0.818. The van der Waals surface area contributed by atoms with Gasteiger partial charge in [-0.1, -0.05) is 0 Å². The molecule has 4 nitrogen and oxygen atoms in total. The summed E-state index contributed by atoms with van der Waals surface area (Å²) < 4.78 is 0. The average molecular weight is 214 g/mol. The number of carbonyl (C=O) groups excluding carboxylic acids is 2. The van der Waals surface area contributed by atoms with Crippen LogP contribution in [0.15, 0.2) is 0 Å². The molecular formula is C11H22N2O2. The lowest BCUT2D eigenvalue weighted by Gasteiger charge is -2.35. The van der Waals surface area contributed by atoms with Gasteiger partial charge in [0.2, 0.25) is 11.8 Å². The molecule has 0 saturated heterocycles. The molecule has 0 aliphatic heterocycles. The molecule has 0 fully saturated rings. The summed E-state index contributed by atoms with van der Waals surface area (Å²) in [6.07, 6.45) is 0.680. The van der Waals surface area contributed by atoms with Crippen molar-refractivity contribution in [2.24, 2.45) is 0 Å². The summed E-state index contributed by atoms with van der Waals surface area (Å²) in [6.45, 7) is 10.8. The Labute approximate surface area is 91.8 Å². The predicted molar refractivity (Wildman–Crippen MR) is 60.4 cm³/mol. The first kappa shape index (κ1) is 13.9. The van der Waals surface area contributed by atoms with Gasteiger partial charge in [-0.05, 0) is 34.1 Å². The van der Waals surface area contributed by atoms with Crippen LogP contribution < -0.4 is 10.6 Å². The molecule has 0 heterocycles. The van der Waals surface area contributed by atoms with E-state index in [1.54, 1.807) is 0 Å². The van der Waals surface area contributed by atoms with Gasteiger partial charge in [0.25, 0.3) is 0 Å². The van der Waals surface area contributed by atoms with Crippen molar-refractivity contribution < 1.29 is 9.59 Å². The predicted octanol–water partition coefficient (Wildman–Crippen LogP) is 1.21. The molecule has 0 aromatic carbocycles. The van der Waals surface area contributed by atoms with E-state index in [9.17, 15) is 9.59 Å². The average Bonchev–Trinajstić information content (AvgIpc) is 1.73. The summed E-state index contributed by atoms with van der Waals surface area (Å²) in [5.41, 5.74) is -0.643. The minimum absolute atomic E-state index is 0.0568. The van der Waals surface area contributed by atoms with Gasteiger partial charge in [-0.25, -0.2) is 0 Å². The van der Waals surface area contributed by atoms with Crippen LogP contribution in [-0.4, -0.2) is 22.9 Å². The first-order valence-electron chi connectivity index (χ1n) is 5.12. The Hall–Kier alpha value is -1.06. The van der Waals surface area contributed by atoms with E-state index in [0.717, 1.165) is 0 Å². The zero-order valence-corrected chi connectivity index (χ0v) is 10.5. The molecule has 88 valence electrons. The van der Waals surface area contributed by atoms with Crippen molar-refractivity contribution in [3.8, 4) is 0 Å². The number of rotatable bonds is 4. The van der Waals surface area contributed by atoms with Crippen molar-refractivity contribution in [3.05, 3.63) is 0 Å². The van der Waals surface area contributed by atoms with Crippen LogP contribution in [0.25, 0.3) is 0 Å². The molecule has 0 aliphatic rings. The first-order chi connectivity index (χ1) is 6.54. The normalized spacial score (nSPS) is 12.1. The van der Waals surface area contributed by atoms with Crippen molar-refractivity contribution in [2.75, 3.05) is 0 Å². The summed E-state index contributed by atoms with van der Waals surface area (Å²) in [6, 6.07) is 0. The van der Waals surface area contributed by atoms with Gasteiger partial charge in [-0.15, -0.1) is 0 Å². The Bertz CT molecular complexity index is 231. The molecule has 0 saturated carbocycles. The molecule has 0 spiro atoms. The van der Waals surface area contributed by atoms with Gasteiger partial charge in [-0.3, -0.25) is 9.59 Å². The molecule has 0 atom stereocenters. The van der Waals surface area contributed by atoms with Crippen LogP contribution in [0, 0.1) is 0 Å². The lowest BCUT2D eigenvalue weighted by molar-refractivity contribution is -0.121. The highest BCUT2D eigenvalue weighted by atomic mass is 16.2. The Kier molecular flexibility index (Phi) is 4.31. The van der Waals surface area contributed by atoms with Crippen LogP contribution in [0.4, 0.5) is 0 Å². The fourth-order valence-corrected chi connectivity index (χ4v) is 2.15. The van der Waals surface area contributed by atoms with Gasteiger partial charge in [-0.2, -0.15) is 0 Å². The third-order valence-electron chi connectivity index (χ3n) is 1.91. The molecule has 15 heavy (non-hydrogen) atoms. The molecular weight excluding hydrogens is 192 g/mol. The smallest absolute Gasteiger partial charge is 0.217 e. The first-order valence-corrected chi connectivity index (χ1v) is 5.12. The minimum Gasteiger partial charge on any atom is -0.351 e. The molecule has 2 amide bonds. The van der Waals surface area contributed by atoms with Crippen LogP contribution in [0.3, 0.4) is 0 Å². The highest BCUT2D eigenvalue weighted by Crippen LogP contribution is 2.19. The van der Waals surface area contributed by atoms with Gasteiger partial charge in [0.15, 0.2) is 0 Å². The monoisotopic (exact) mass is 214 g/mol. The van der Waals surface area contributed by atoms with Crippen LogP contribution in [-0.2, 0) is 9.59 Å². The van der Waals surface area contributed by atoms with Crippen LogP contribution in [0.1, 0.15) is 48.0 Å². The molecule has 0 rings (SSSR count). The SMILES string of the molecule is CC(=O)NC(C)(C)CC(C)(C)NC(C)=O. The second kappa shape index (κ2) is 4.64. The van der Waals surface area contributed by atoms with Gasteiger partial charge in [0, 0.05) is 24.9 Å². The Morgan fingerprint density at radius 1 is 0.867 bits per heavy atom. The van der Waals surface area contributed by atoms with Crippen LogP contribution >= 0.6 is 0 Å². The van der Waals surface area contributed by atoms with Crippen LogP contribution in [0.5, 0.6) is 0 Å². The van der Waals surface area contributed by atoms with E-state index in [4.69, 9.17) is 0 Å². The molecule has 0 unspecified atom stereocenters. The second-order valence-electron chi connectivity index (χ2n) is 5.31. The Balaban J connectivity index is 4.42. The summed E-state index contributed by atoms with van der Waals surface area (Å²) in [4.78, 5) is 21.9. The maximum absolute atomic E-state index is 11.0. The van der Waals surface area contributed by atoms with Crippen molar-refractivity contribution >= 4 is 11.8 Å². The number of amides is 2. The summed E-state index contributed by atoms with van der Waals surface area (Å²) in [5, 5.41) is 5.72. The standard InChI is InChI=1S/C11H22N2O2/c1-8(14)12-10(3,4)7-11(5,6)13-9(2)15/h7H2,1-6H3,(H,12,14)(H,13,15). The summed E-state index contributed by atoms with van der Waals surface area (Å²) >= 11 is 0. The van der Waals surface area contributed by atoms with Crippen molar-refractivity contribution in [3.63, 3.8) is 0 Å². The van der Waals surface area contributed by atoms with E-state index in [2.05, 4.69) is 10.6 Å². The largest absolute Gasteiger partial charge is 0.351 e. The van der Waals surface area contributed by atoms with Gasteiger partial charge < -0.3 is 10.6 Å². The maximum atomic E-state index is 11.0. The van der Waals surface area contributed by atoms with Gasteiger partial charge >= 0.3 is 0 Å². The van der Waals surface area contributed by atoms with E-state index in [1.165, 1.54) is 13.8 Å². The molecule has 0 radical (unpaired) electrons. The third kappa shape index (κ3) is 6.94. The fourth-order valence-electron chi connectivity index (χ4n) is 2.15. The van der Waals surface area contributed by atoms with E-state index >= 15 is 0 Å². The minimum atomic E-state index is -0.322. The number of hydrogen-bond donors (Lipinski definition) is 2. The number of hydrogen-bond acceptors (Lipinski definition) is 2. The zero-order valence-electron chi connectivity index (χ0n) is 10.5. The second-order valence-corrected chi connectivity index (χ2v) is 5.31. The lowest BCUT2D eigenvalue weighted by Crippen LogP contribution is -2.52. The molecule has 0 aromatic heterocycles. The Morgan fingerprint density at radius 3 is 1.33 bits per heavy atom. The van der Waals surface area contributed by atoms with E-state index in [1.807, 2.05) is 27.7 Å². The number of nitrogens with one attached hydrogen (secondary N) is 2. The lowest BCUT2D eigenvalue weighted by atomic mass is 9.87. The highest BCUT2D eigenvalue weighted by Gasteiger charge is 2.29.